The zero-order valence-electron chi connectivity index (χ0n) is 10.6. The van der Waals surface area contributed by atoms with Gasteiger partial charge in [-0.1, -0.05) is 20.3 Å². The molecule has 1 aromatic heterocycles. The highest BCUT2D eigenvalue weighted by molar-refractivity contribution is 5.93. The van der Waals surface area contributed by atoms with Crippen LogP contribution in [0, 0.1) is 5.92 Å². The van der Waals surface area contributed by atoms with Gasteiger partial charge in [0.2, 0.25) is 5.56 Å². The van der Waals surface area contributed by atoms with Crippen LogP contribution >= 0.6 is 0 Å². The normalized spacial score (nSPS) is 14.1. The Morgan fingerprint density at radius 2 is 2.12 bits per heavy atom. The minimum absolute atomic E-state index is 0.142. The number of nitrogens with one attached hydrogen (secondary N) is 2. The minimum atomic E-state index is -0.200. The molecule has 17 heavy (non-hydrogen) atoms. The van der Waals surface area contributed by atoms with Gasteiger partial charge in [0.1, 0.15) is 0 Å². The Labute approximate surface area is 101 Å². The molecule has 0 radical (unpaired) electrons. The highest BCUT2D eigenvalue weighted by Crippen LogP contribution is 2.09. The average Bonchev–Trinajstić information content (AvgIpc) is 2.29. The first-order valence-corrected chi connectivity index (χ1v) is 6.02. The molecule has 0 aliphatic carbocycles. The third-order valence-electron chi connectivity index (χ3n) is 2.88. The van der Waals surface area contributed by atoms with E-state index in [2.05, 4.69) is 24.1 Å². The Bertz CT molecular complexity index is 405. The lowest BCUT2D eigenvalue weighted by molar-refractivity contribution is 0.0935. The molecule has 0 spiro atoms. The number of pyridine rings is 1. The van der Waals surface area contributed by atoms with Crippen molar-refractivity contribution in [3.05, 3.63) is 34.2 Å². The lowest BCUT2D eigenvalue weighted by Gasteiger charge is -2.17. The van der Waals surface area contributed by atoms with Crippen molar-refractivity contribution in [3.63, 3.8) is 0 Å². The second kappa shape index (κ2) is 6.23. The Kier molecular flexibility index (Phi) is 4.94. The highest BCUT2D eigenvalue weighted by Gasteiger charge is 2.11. The molecule has 1 aromatic rings. The summed E-state index contributed by atoms with van der Waals surface area (Å²) in [4.78, 5) is 25.2. The summed E-state index contributed by atoms with van der Waals surface area (Å²) in [5, 5.41) is 2.92. The fraction of sp³-hybridized carbons (Fsp3) is 0.538. The van der Waals surface area contributed by atoms with E-state index in [1.165, 1.54) is 18.3 Å². The summed E-state index contributed by atoms with van der Waals surface area (Å²) in [6, 6.07) is 3.03. The van der Waals surface area contributed by atoms with Crippen molar-refractivity contribution >= 4 is 5.91 Å². The third kappa shape index (κ3) is 4.43. The summed E-state index contributed by atoms with van der Waals surface area (Å²) < 4.78 is 0. The van der Waals surface area contributed by atoms with Crippen molar-refractivity contribution in [2.24, 2.45) is 5.92 Å². The molecule has 0 aromatic carbocycles. The van der Waals surface area contributed by atoms with E-state index in [0.717, 1.165) is 12.8 Å². The van der Waals surface area contributed by atoms with Crippen LogP contribution in [0.15, 0.2) is 23.1 Å². The summed E-state index contributed by atoms with van der Waals surface area (Å²) in [6.07, 6.45) is 3.51. The Morgan fingerprint density at radius 3 is 2.65 bits per heavy atom. The number of H-pyrrole nitrogens is 1. The van der Waals surface area contributed by atoms with Gasteiger partial charge in [0.15, 0.2) is 0 Å². The van der Waals surface area contributed by atoms with Crippen molar-refractivity contribution in [3.8, 4) is 0 Å². The van der Waals surface area contributed by atoms with Gasteiger partial charge in [-0.15, -0.1) is 0 Å². The third-order valence-corrected chi connectivity index (χ3v) is 2.88. The molecular weight excluding hydrogens is 216 g/mol. The maximum atomic E-state index is 11.8. The number of aromatic amines is 1. The largest absolute Gasteiger partial charge is 0.350 e. The topological polar surface area (TPSA) is 62.0 Å². The maximum absolute atomic E-state index is 11.8. The van der Waals surface area contributed by atoms with Gasteiger partial charge in [-0.3, -0.25) is 9.59 Å². The van der Waals surface area contributed by atoms with Gasteiger partial charge < -0.3 is 10.3 Å². The molecule has 4 heteroatoms. The van der Waals surface area contributed by atoms with Crippen molar-refractivity contribution in [1.82, 2.24) is 10.3 Å². The number of carbonyl (C=O) groups is 1. The van der Waals surface area contributed by atoms with E-state index >= 15 is 0 Å². The molecular formula is C13H20N2O2. The van der Waals surface area contributed by atoms with Gasteiger partial charge in [0.05, 0.1) is 5.56 Å². The van der Waals surface area contributed by atoms with Gasteiger partial charge in [0.25, 0.3) is 5.91 Å². The molecule has 0 aliphatic heterocycles. The van der Waals surface area contributed by atoms with Crippen LogP contribution in [0.2, 0.25) is 0 Å². The summed E-state index contributed by atoms with van der Waals surface area (Å²) >= 11 is 0. The number of hydrogen-bond acceptors (Lipinski definition) is 2. The molecule has 0 saturated carbocycles. The molecule has 2 unspecified atom stereocenters. The zero-order valence-corrected chi connectivity index (χ0v) is 10.6. The van der Waals surface area contributed by atoms with Gasteiger partial charge in [-0.05, 0) is 25.3 Å². The quantitative estimate of drug-likeness (QED) is 0.820. The lowest BCUT2D eigenvalue weighted by atomic mass is 10.0. The molecule has 1 heterocycles. The molecule has 0 fully saturated rings. The standard InChI is InChI=1S/C13H20N2O2/c1-4-9(2)7-10(3)15-13(17)11-5-6-12(16)14-8-11/h5-6,8-10H,4,7H2,1-3H3,(H,14,16)(H,15,17). The molecule has 94 valence electrons. The van der Waals surface area contributed by atoms with Crippen molar-refractivity contribution in [2.75, 3.05) is 0 Å². The van der Waals surface area contributed by atoms with E-state index in [1.807, 2.05) is 6.92 Å². The zero-order chi connectivity index (χ0) is 12.8. The maximum Gasteiger partial charge on any atom is 0.252 e. The first kappa shape index (κ1) is 13.5. The van der Waals surface area contributed by atoms with Crippen LogP contribution < -0.4 is 10.9 Å². The molecule has 1 rings (SSSR count). The van der Waals surface area contributed by atoms with Crippen LogP contribution in [-0.2, 0) is 0 Å². The predicted octanol–water partition coefficient (Wildman–Crippen LogP) is 1.93. The van der Waals surface area contributed by atoms with Gasteiger partial charge in [-0.2, -0.15) is 0 Å². The molecule has 0 aliphatic rings. The Balaban J connectivity index is 2.54. The molecule has 2 N–H and O–H groups in total. The molecule has 0 saturated heterocycles. The molecule has 1 amide bonds. The van der Waals surface area contributed by atoms with Crippen LogP contribution in [0.4, 0.5) is 0 Å². The molecule has 0 bridgehead atoms. The SMILES string of the molecule is CCC(C)CC(C)NC(=O)c1ccc(=O)[nH]c1. The van der Waals surface area contributed by atoms with E-state index in [0.29, 0.717) is 11.5 Å². The predicted molar refractivity (Wildman–Crippen MR) is 68.1 cm³/mol. The van der Waals surface area contributed by atoms with Gasteiger partial charge in [-0.25, -0.2) is 0 Å². The average molecular weight is 236 g/mol. The summed E-state index contributed by atoms with van der Waals surface area (Å²) in [5.74, 6) is 0.456. The summed E-state index contributed by atoms with van der Waals surface area (Å²) in [7, 11) is 0. The lowest BCUT2D eigenvalue weighted by Crippen LogP contribution is -2.34. The van der Waals surface area contributed by atoms with Crippen molar-refractivity contribution in [1.29, 1.82) is 0 Å². The van der Waals surface area contributed by atoms with Crippen LogP contribution in [0.25, 0.3) is 0 Å². The molecule has 2 atom stereocenters. The van der Waals surface area contributed by atoms with Crippen LogP contribution in [-0.4, -0.2) is 16.9 Å². The number of rotatable bonds is 5. The van der Waals surface area contributed by atoms with Crippen LogP contribution in [0.1, 0.15) is 44.0 Å². The second-order valence-electron chi connectivity index (χ2n) is 4.57. The van der Waals surface area contributed by atoms with Crippen molar-refractivity contribution in [2.45, 2.75) is 39.7 Å². The Hall–Kier alpha value is -1.58. The van der Waals surface area contributed by atoms with Gasteiger partial charge in [0, 0.05) is 18.3 Å². The number of amides is 1. The highest BCUT2D eigenvalue weighted by atomic mass is 16.2. The second-order valence-corrected chi connectivity index (χ2v) is 4.57. The fourth-order valence-corrected chi connectivity index (χ4v) is 1.69. The first-order chi connectivity index (χ1) is 8.02. The smallest absolute Gasteiger partial charge is 0.252 e. The number of carbonyl (C=O) groups excluding carboxylic acids is 1. The number of hydrogen-bond donors (Lipinski definition) is 2. The van der Waals surface area contributed by atoms with E-state index in [1.54, 1.807) is 0 Å². The van der Waals surface area contributed by atoms with Crippen LogP contribution in [0.5, 0.6) is 0 Å². The molecule has 4 nitrogen and oxygen atoms in total. The van der Waals surface area contributed by atoms with E-state index in [-0.39, 0.29) is 17.5 Å². The van der Waals surface area contributed by atoms with E-state index in [4.69, 9.17) is 0 Å². The van der Waals surface area contributed by atoms with Gasteiger partial charge >= 0.3 is 0 Å². The monoisotopic (exact) mass is 236 g/mol. The Morgan fingerprint density at radius 1 is 1.41 bits per heavy atom. The summed E-state index contributed by atoms with van der Waals surface area (Å²) in [5.41, 5.74) is 0.287. The van der Waals surface area contributed by atoms with E-state index < -0.39 is 0 Å². The van der Waals surface area contributed by atoms with Crippen molar-refractivity contribution < 1.29 is 4.79 Å². The van der Waals surface area contributed by atoms with Crippen LogP contribution in [0.3, 0.4) is 0 Å². The number of aromatic nitrogens is 1. The summed E-state index contributed by atoms with van der Waals surface area (Å²) in [6.45, 7) is 6.31. The minimum Gasteiger partial charge on any atom is -0.350 e. The fourth-order valence-electron chi connectivity index (χ4n) is 1.69. The first-order valence-electron chi connectivity index (χ1n) is 6.02. The van der Waals surface area contributed by atoms with E-state index in [9.17, 15) is 9.59 Å².